The highest BCUT2D eigenvalue weighted by Gasteiger charge is 2.26. The van der Waals surface area contributed by atoms with Gasteiger partial charge in [-0.1, -0.05) is 31.5 Å². The van der Waals surface area contributed by atoms with Gasteiger partial charge in [0.25, 0.3) is 5.56 Å². The summed E-state index contributed by atoms with van der Waals surface area (Å²) in [5.41, 5.74) is 5.00. The van der Waals surface area contributed by atoms with E-state index in [4.69, 9.17) is 21.6 Å². The van der Waals surface area contributed by atoms with E-state index in [0.29, 0.717) is 32.8 Å². The van der Waals surface area contributed by atoms with Gasteiger partial charge in [0.05, 0.1) is 12.3 Å². The van der Waals surface area contributed by atoms with Crippen molar-refractivity contribution in [2.45, 2.75) is 39.5 Å². The molecule has 0 saturated heterocycles. The number of pyridine rings is 1. The van der Waals surface area contributed by atoms with Crippen LogP contribution in [-0.2, 0) is 19.3 Å². The topological polar surface area (TPSA) is 80.0 Å². The number of aromatic nitrogens is 3. The number of aliphatic hydroxyl groups is 1. The minimum absolute atomic E-state index is 0.0661. The number of nitrogens with one attached hydrogen (secondary N) is 1. The number of nitrogens with zero attached hydrogens (tertiary/aromatic N) is 3. The zero-order valence-electron chi connectivity index (χ0n) is 18.1. The largest absolute Gasteiger partial charge is 0.395 e. The van der Waals surface area contributed by atoms with Gasteiger partial charge in [-0.05, 0) is 60.9 Å². The van der Waals surface area contributed by atoms with E-state index in [1.54, 1.807) is 12.1 Å². The molecule has 0 amide bonds. The fourth-order valence-electron chi connectivity index (χ4n) is 4.59. The van der Waals surface area contributed by atoms with Crippen LogP contribution < -0.4 is 10.9 Å². The first-order valence-electron chi connectivity index (χ1n) is 11.0. The number of aryl methyl sites for hydroxylation is 1. The molecule has 32 heavy (non-hydrogen) atoms. The molecule has 3 aromatic heterocycles. The van der Waals surface area contributed by atoms with Crippen molar-refractivity contribution in [1.82, 2.24) is 14.5 Å². The fourth-order valence-corrected chi connectivity index (χ4v) is 5.87. The summed E-state index contributed by atoms with van der Waals surface area (Å²) >= 11 is 7.63. The van der Waals surface area contributed by atoms with E-state index in [1.165, 1.54) is 32.7 Å². The van der Waals surface area contributed by atoms with Gasteiger partial charge in [0.2, 0.25) is 5.95 Å². The van der Waals surface area contributed by atoms with Crippen LogP contribution in [0.3, 0.4) is 0 Å². The van der Waals surface area contributed by atoms with Gasteiger partial charge in [-0.3, -0.25) is 4.79 Å². The van der Waals surface area contributed by atoms with Crippen LogP contribution in [0.1, 0.15) is 37.1 Å². The third kappa shape index (κ3) is 3.58. The van der Waals surface area contributed by atoms with E-state index in [1.807, 2.05) is 12.1 Å². The van der Waals surface area contributed by atoms with Crippen molar-refractivity contribution < 1.29 is 5.11 Å². The number of aliphatic hydroxyl groups excluding tert-OH is 1. The van der Waals surface area contributed by atoms with Crippen LogP contribution in [-0.4, -0.2) is 32.8 Å². The summed E-state index contributed by atoms with van der Waals surface area (Å²) in [4.78, 5) is 24.5. The van der Waals surface area contributed by atoms with Gasteiger partial charge >= 0.3 is 0 Å². The van der Waals surface area contributed by atoms with Gasteiger partial charge in [0, 0.05) is 22.6 Å². The van der Waals surface area contributed by atoms with Crippen molar-refractivity contribution in [2.24, 2.45) is 5.92 Å². The molecular formula is C24H25ClN4O2S. The standard InChI is InChI=1S/C24H25ClN4O2S/c1-13(2)11-18-16-7-4-8-17(16)19-20-21(32-22(19)27-18)23(31)29(24(28-20)26-9-10-30)15-6-3-5-14(25)12-15/h3,5-6,12-13,30H,4,7-11H2,1-2H3,(H,26,28). The normalized spacial score (nSPS) is 13.4. The van der Waals surface area contributed by atoms with Gasteiger partial charge < -0.3 is 10.4 Å². The van der Waals surface area contributed by atoms with Gasteiger partial charge in [-0.25, -0.2) is 14.5 Å². The average Bonchev–Trinajstić information content (AvgIpc) is 3.37. The van der Waals surface area contributed by atoms with E-state index >= 15 is 0 Å². The molecule has 0 aliphatic heterocycles. The van der Waals surface area contributed by atoms with Crippen LogP contribution >= 0.6 is 22.9 Å². The number of rotatable bonds is 6. The molecule has 6 nitrogen and oxygen atoms in total. The van der Waals surface area contributed by atoms with Crippen LogP contribution in [0.15, 0.2) is 29.1 Å². The Bertz CT molecular complexity index is 1390. The van der Waals surface area contributed by atoms with E-state index in [9.17, 15) is 9.90 Å². The van der Waals surface area contributed by atoms with E-state index in [-0.39, 0.29) is 18.7 Å². The first-order valence-corrected chi connectivity index (χ1v) is 12.2. The van der Waals surface area contributed by atoms with E-state index in [2.05, 4.69) is 19.2 Å². The van der Waals surface area contributed by atoms with E-state index < -0.39 is 0 Å². The monoisotopic (exact) mass is 468 g/mol. The summed E-state index contributed by atoms with van der Waals surface area (Å²) < 4.78 is 2.13. The van der Waals surface area contributed by atoms with Crippen LogP contribution in [0.5, 0.6) is 0 Å². The molecule has 0 radical (unpaired) electrons. The lowest BCUT2D eigenvalue weighted by Crippen LogP contribution is -2.24. The highest BCUT2D eigenvalue weighted by atomic mass is 35.5. The Morgan fingerprint density at radius 3 is 2.81 bits per heavy atom. The minimum atomic E-state index is -0.155. The van der Waals surface area contributed by atoms with Crippen molar-refractivity contribution in [3.8, 4) is 5.69 Å². The lowest BCUT2D eigenvalue weighted by atomic mass is 9.99. The fraction of sp³-hybridized carbons (Fsp3) is 0.375. The molecule has 0 fully saturated rings. The highest BCUT2D eigenvalue weighted by Crippen LogP contribution is 2.39. The maximum atomic E-state index is 13.7. The Balaban J connectivity index is 1.83. The van der Waals surface area contributed by atoms with Crippen LogP contribution in [0, 0.1) is 5.92 Å². The maximum absolute atomic E-state index is 13.7. The number of fused-ring (bicyclic) bond motifs is 5. The molecule has 166 valence electrons. The van der Waals surface area contributed by atoms with Crippen molar-refractivity contribution in [3.05, 3.63) is 56.5 Å². The number of halogens is 1. The Morgan fingerprint density at radius 2 is 2.06 bits per heavy atom. The third-order valence-electron chi connectivity index (χ3n) is 5.86. The molecule has 3 heterocycles. The molecule has 8 heteroatoms. The summed E-state index contributed by atoms with van der Waals surface area (Å²) in [6, 6.07) is 7.15. The second-order valence-electron chi connectivity index (χ2n) is 8.63. The average molecular weight is 469 g/mol. The molecule has 0 atom stereocenters. The predicted octanol–water partition coefficient (Wildman–Crippen LogP) is 4.74. The number of hydrogen-bond donors (Lipinski definition) is 2. The third-order valence-corrected chi connectivity index (χ3v) is 7.15. The second-order valence-corrected chi connectivity index (χ2v) is 10.1. The Kier molecular flexibility index (Phi) is 5.65. The van der Waals surface area contributed by atoms with Crippen molar-refractivity contribution in [1.29, 1.82) is 0 Å². The summed E-state index contributed by atoms with van der Waals surface area (Å²) in [5, 5.41) is 14.0. The molecule has 0 saturated carbocycles. The Morgan fingerprint density at radius 1 is 1.25 bits per heavy atom. The number of hydrogen-bond acceptors (Lipinski definition) is 6. The molecular weight excluding hydrogens is 444 g/mol. The van der Waals surface area contributed by atoms with Crippen LogP contribution in [0.4, 0.5) is 5.95 Å². The zero-order valence-corrected chi connectivity index (χ0v) is 19.7. The summed E-state index contributed by atoms with van der Waals surface area (Å²) in [5.74, 6) is 0.919. The van der Waals surface area contributed by atoms with Gasteiger partial charge in [-0.2, -0.15) is 0 Å². The quantitative estimate of drug-likeness (QED) is 0.427. The van der Waals surface area contributed by atoms with Crippen LogP contribution in [0.25, 0.3) is 26.1 Å². The van der Waals surface area contributed by atoms with Gasteiger partial charge in [0.1, 0.15) is 15.0 Å². The molecule has 4 aromatic rings. The van der Waals surface area contributed by atoms with Crippen molar-refractivity contribution >= 4 is 49.3 Å². The Labute approximate surface area is 194 Å². The van der Waals surface area contributed by atoms with Crippen molar-refractivity contribution in [3.63, 3.8) is 0 Å². The number of benzene rings is 1. The molecule has 5 rings (SSSR count). The molecule has 1 aromatic carbocycles. The number of anilines is 1. The van der Waals surface area contributed by atoms with Crippen molar-refractivity contribution in [2.75, 3.05) is 18.5 Å². The zero-order chi connectivity index (χ0) is 22.4. The Hall–Kier alpha value is -2.48. The summed E-state index contributed by atoms with van der Waals surface area (Å²) in [6.07, 6.45) is 4.07. The van der Waals surface area contributed by atoms with Crippen LogP contribution in [0.2, 0.25) is 5.02 Å². The van der Waals surface area contributed by atoms with E-state index in [0.717, 1.165) is 35.9 Å². The van der Waals surface area contributed by atoms with Gasteiger partial charge in [0.15, 0.2) is 0 Å². The smallest absolute Gasteiger partial charge is 0.277 e. The first kappa shape index (κ1) is 21.4. The van der Waals surface area contributed by atoms with Gasteiger partial charge in [-0.15, -0.1) is 11.3 Å². The second kappa shape index (κ2) is 8.46. The maximum Gasteiger partial charge on any atom is 0.277 e. The summed E-state index contributed by atoms with van der Waals surface area (Å²) in [7, 11) is 0. The first-order chi connectivity index (χ1) is 15.5. The minimum Gasteiger partial charge on any atom is -0.395 e. The molecule has 0 unspecified atom stereocenters. The molecule has 2 N–H and O–H groups in total. The highest BCUT2D eigenvalue weighted by molar-refractivity contribution is 7.25. The lowest BCUT2D eigenvalue weighted by molar-refractivity contribution is 0.310. The molecule has 1 aliphatic rings. The number of thiophene rings is 1. The molecule has 0 bridgehead atoms. The molecule has 0 spiro atoms. The lowest BCUT2D eigenvalue weighted by Gasteiger charge is -2.14. The SMILES string of the molecule is CC(C)Cc1nc2sc3c(=O)n(-c4cccc(Cl)c4)c(NCCO)nc3c2c2c1CCC2. The molecule has 1 aliphatic carbocycles. The summed E-state index contributed by atoms with van der Waals surface area (Å²) in [6.45, 7) is 4.64. The predicted molar refractivity (Wildman–Crippen MR) is 132 cm³/mol.